The number of ether oxygens (including phenoxy) is 2. The van der Waals surface area contributed by atoms with Gasteiger partial charge in [0.05, 0.1) is 0 Å². The predicted molar refractivity (Wildman–Crippen MR) is 120 cm³/mol. The number of benzene rings is 3. The minimum atomic E-state index is -0.101. The number of fused-ring (bicyclic) bond motifs is 2. The summed E-state index contributed by atoms with van der Waals surface area (Å²) in [6.07, 6.45) is 1.86. The van der Waals surface area contributed by atoms with Crippen molar-refractivity contribution in [1.29, 1.82) is 0 Å². The smallest absolute Gasteiger partial charge is 0.231 e. The molecule has 6 nitrogen and oxygen atoms in total. The number of hydrogen-bond donors (Lipinski definition) is 1. The topological polar surface area (TPSA) is 67.9 Å². The highest BCUT2D eigenvalue weighted by atomic mass is 16.7. The van der Waals surface area contributed by atoms with Crippen molar-refractivity contribution in [3.63, 3.8) is 0 Å². The zero-order valence-electron chi connectivity index (χ0n) is 17.4. The first-order chi connectivity index (χ1) is 15.1. The Morgan fingerprint density at radius 1 is 0.968 bits per heavy atom. The third-order valence-electron chi connectivity index (χ3n) is 5.96. The maximum absolute atomic E-state index is 13.3. The van der Waals surface area contributed by atoms with E-state index in [1.807, 2.05) is 54.6 Å². The Morgan fingerprint density at radius 2 is 1.77 bits per heavy atom. The van der Waals surface area contributed by atoms with Crippen molar-refractivity contribution in [2.45, 2.75) is 19.8 Å². The molecule has 1 unspecified atom stereocenters. The van der Waals surface area contributed by atoms with Gasteiger partial charge >= 0.3 is 0 Å². The highest BCUT2D eigenvalue weighted by molar-refractivity contribution is 6.02. The Labute approximate surface area is 180 Å². The number of carbonyl (C=O) groups is 2. The van der Waals surface area contributed by atoms with Crippen LogP contribution in [-0.4, -0.2) is 31.6 Å². The first-order valence-electron chi connectivity index (χ1n) is 10.6. The van der Waals surface area contributed by atoms with Gasteiger partial charge in [0.2, 0.25) is 12.7 Å². The molecular weight excluding hydrogens is 392 g/mol. The molecule has 2 aliphatic rings. The van der Waals surface area contributed by atoms with Crippen molar-refractivity contribution in [1.82, 2.24) is 0 Å². The maximum atomic E-state index is 13.3. The molecule has 0 bridgehead atoms. The zero-order valence-corrected chi connectivity index (χ0v) is 17.4. The average molecular weight is 416 g/mol. The number of nitrogens with one attached hydrogen (secondary N) is 1. The summed E-state index contributed by atoms with van der Waals surface area (Å²) in [5, 5.41) is 4.78. The SMILES string of the molecule is CC(=O)Nc1ccc2cc(C(=O)C3CCCN(c4ccc5c(c4)OCO5)C3)ccc2c1. The van der Waals surface area contributed by atoms with Crippen molar-refractivity contribution in [3.05, 3.63) is 60.2 Å². The minimum absolute atomic E-state index is 0.0460. The lowest BCUT2D eigenvalue weighted by Crippen LogP contribution is -2.38. The molecule has 1 amide bonds. The molecule has 1 fully saturated rings. The van der Waals surface area contributed by atoms with Gasteiger partial charge in [0.15, 0.2) is 17.3 Å². The molecule has 6 heteroatoms. The number of hydrogen-bond acceptors (Lipinski definition) is 5. The first kappa shape index (κ1) is 19.4. The number of piperidine rings is 1. The third kappa shape index (κ3) is 3.93. The van der Waals surface area contributed by atoms with Crippen LogP contribution in [0.5, 0.6) is 11.5 Å². The fraction of sp³-hybridized carbons (Fsp3) is 0.280. The van der Waals surface area contributed by atoms with Gasteiger partial charge in [-0.2, -0.15) is 0 Å². The molecule has 158 valence electrons. The standard InChI is InChI=1S/C25H24N2O4/c1-16(28)26-21-7-6-17-11-19(5-4-18(17)12-21)25(29)20-3-2-10-27(14-20)22-8-9-23-24(13-22)31-15-30-23/h4-9,11-13,20H,2-3,10,14-15H2,1H3,(H,26,28). The van der Waals surface area contributed by atoms with E-state index in [4.69, 9.17) is 9.47 Å². The molecule has 3 aromatic rings. The Bertz CT molecular complexity index is 1170. The van der Waals surface area contributed by atoms with Gasteiger partial charge in [0.1, 0.15) is 0 Å². The van der Waals surface area contributed by atoms with Crippen LogP contribution in [-0.2, 0) is 4.79 Å². The molecule has 2 aliphatic heterocycles. The lowest BCUT2D eigenvalue weighted by molar-refractivity contribution is -0.114. The van der Waals surface area contributed by atoms with Gasteiger partial charge in [-0.3, -0.25) is 9.59 Å². The van der Waals surface area contributed by atoms with E-state index >= 15 is 0 Å². The predicted octanol–water partition coefficient (Wildman–Crippen LogP) is 4.63. The summed E-state index contributed by atoms with van der Waals surface area (Å²) in [5.74, 6) is 1.56. The molecule has 1 atom stereocenters. The van der Waals surface area contributed by atoms with Gasteiger partial charge in [-0.1, -0.05) is 18.2 Å². The van der Waals surface area contributed by atoms with Crippen LogP contribution < -0.4 is 19.7 Å². The molecule has 0 aliphatic carbocycles. The van der Waals surface area contributed by atoms with E-state index in [1.165, 1.54) is 6.92 Å². The minimum Gasteiger partial charge on any atom is -0.454 e. The Hall–Kier alpha value is -3.54. The fourth-order valence-corrected chi connectivity index (χ4v) is 4.42. The van der Waals surface area contributed by atoms with Crippen molar-refractivity contribution in [2.24, 2.45) is 5.92 Å². The number of Topliss-reactive ketones (excluding diaryl/α,β-unsaturated/α-hetero) is 1. The van der Waals surface area contributed by atoms with Crippen LogP contribution >= 0.6 is 0 Å². The molecule has 2 heterocycles. The summed E-state index contributed by atoms with van der Waals surface area (Å²) in [7, 11) is 0. The van der Waals surface area contributed by atoms with Crippen LogP contribution in [0.2, 0.25) is 0 Å². The molecule has 31 heavy (non-hydrogen) atoms. The summed E-state index contributed by atoms with van der Waals surface area (Å²) in [4.78, 5) is 26.8. The van der Waals surface area contributed by atoms with Gasteiger partial charge in [-0.05, 0) is 53.9 Å². The first-order valence-corrected chi connectivity index (χ1v) is 10.6. The van der Waals surface area contributed by atoms with E-state index in [-0.39, 0.29) is 24.4 Å². The monoisotopic (exact) mass is 416 g/mol. The van der Waals surface area contributed by atoms with Crippen LogP contribution in [0.25, 0.3) is 10.8 Å². The van der Waals surface area contributed by atoms with E-state index < -0.39 is 0 Å². The Morgan fingerprint density at radius 3 is 2.65 bits per heavy atom. The number of amides is 1. The highest BCUT2D eigenvalue weighted by Crippen LogP contribution is 2.37. The van der Waals surface area contributed by atoms with Crippen LogP contribution in [0.3, 0.4) is 0 Å². The molecule has 0 saturated carbocycles. The lowest BCUT2D eigenvalue weighted by Gasteiger charge is -2.34. The second kappa shape index (κ2) is 7.95. The third-order valence-corrected chi connectivity index (χ3v) is 5.96. The molecule has 0 spiro atoms. The van der Waals surface area contributed by atoms with E-state index in [2.05, 4.69) is 10.2 Å². The average Bonchev–Trinajstić information content (AvgIpc) is 3.26. The summed E-state index contributed by atoms with van der Waals surface area (Å²) in [6.45, 7) is 3.36. The van der Waals surface area contributed by atoms with Crippen LogP contribution in [0.4, 0.5) is 11.4 Å². The molecule has 1 saturated heterocycles. The quantitative estimate of drug-likeness (QED) is 0.629. The van der Waals surface area contributed by atoms with Crippen molar-refractivity contribution in [3.8, 4) is 11.5 Å². The Balaban J connectivity index is 1.34. The summed E-state index contributed by atoms with van der Waals surface area (Å²) in [5.41, 5.74) is 2.55. The normalized spacial score (nSPS) is 17.6. The van der Waals surface area contributed by atoms with Gasteiger partial charge in [0.25, 0.3) is 0 Å². The van der Waals surface area contributed by atoms with Crippen molar-refractivity contribution >= 4 is 33.8 Å². The van der Waals surface area contributed by atoms with E-state index in [0.717, 1.165) is 58.6 Å². The second-order valence-electron chi connectivity index (χ2n) is 8.14. The summed E-state index contributed by atoms with van der Waals surface area (Å²) < 4.78 is 10.9. The number of rotatable bonds is 4. The molecule has 1 N–H and O–H groups in total. The van der Waals surface area contributed by atoms with E-state index in [0.29, 0.717) is 6.54 Å². The molecule has 0 aromatic heterocycles. The molecule has 3 aromatic carbocycles. The second-order valence-corrected chi connectivity index (χ2v) is 8.14. The fourth-order valence-electron chi connectivity index (χ4n) is 4.42. The highest BCUT2D eigenvalue weighted by Gasteiger charge is 2.28. The van der Waals surface area contributed by atoms with Gasteiger partial charge in [-0.15, -0.1) is 0 Å². The van der Waals surface area contributed by atoms with Gasteiger partial charge in [-0.25, -0.2) is 0 Å². The van der Waals surface area contributed by atoms with E-state index in [9.17, 15) is 9.59 Å². The number of ketones is 1. The molecule has 5 rings (SSSR count). The van der Waals surface area contributed by atoms with E-state index in [1.54, 1.807) is 0 Å². The molecular formula is C25H24N2O4. The Kier molecular flexibility index (Phi) is 4.98. The number of nitrogens with zero attached hydrogens (tertiary/aromatic N) is 1. The number of carbonyl (C=O) groups excluding carboxylic acids is 2. The zero-order chi connectivity index (χ0) is 21.4. The van der Waals surface area contributed by atoms with Crippen LogP contribution in [0, 0.1) is 5.92 Å². The van der Waals surface area contributed by atoms with Gasteiger partial charge < -0.3 is 19.7 Å². The number of anilines is 2. The van der Waals surface area contributed by atoms with Gasteiger partial charge in [0, 0.05) is 48.9 Å². The lowest BCUT2D eigenvalue weighted by atomic mass is 9.89. The summed E-state index contributed by atoms with van der Waals surface area (Å²) in [6, 6.07) is 17.5. The molecule has 0 radical (unpaired) electrons. The van der Waals surface area contributed by atoms with Crippen molar-refractivity contribution < 1.29 is 19.1 Å². The van der Waals surface area contributed by atoms with Crippen molar-refractivity contribution in [2.75, 3.05) is 30.1 Å². The van der Waals surface area contributed by atoms with Crippen LogP contribution in [0.15, 0.2) is 54.6 Å². The summed E-state index contributed by atoms with van der Waals surface area (Å²) >= 11 is 0. The van der Waals surface area contributed by atoms with Crippen LogP contribution in [0.1, 0.15) is 30.1 Å². The largest absolute Gasteiger partial charge is 0.454 e. The maximum Gasteiger partial charge on any atom is 0.231 e.